The van der Waals surface area contributed by atoms with Crippen molar-refractivity contribution < 1.29 is 27.5 Å². The molecule has 0 amide bonds. The summed E-state index contributed by atoms with van der Waals surface area (Å²) in [6.45, 7) is 2.30. The molecule has 0 radical (unpaired) electrons. The summed E-state index contributed by atoms with van der Waals surface area (Å²) in [6.07, 6.45) is -3.28. The fourth-order valence-corrected chi connectivity index (χ4v) is 1.71. The Bertz CT molecular complexity index is 500. The lowest BCUT2D eigenvalue weighted by atomic mass is 10.0. The minimum atomic E-state index is -3.94. The van der Waals surface area contributed by atoms with Gasteiger partial charge in [-0.15, -0.1) is 0 Å². The summed E-state index contributed by atoms with van der Waals surface area (Å²) in [7, 11) is 0. The van der Waals surface area contributed by atoms with Crippen molar-refractivity contribution in [3.8, 4) is 0 Å². The molecule has 0 spiro atoms. The van der Waals surface area contributed by atoms with Crippen LogP contribution in [0.1, 0.15) is 39.3 Å². The van der Waals surface area contributed by atoms with Crippen LogP contribution in [0.5, 0.6) is 0 Å². The van der Waals surface area contributed by atoms with E-state index in [9.17, 15) is 22.4 Å². The number of hydrogen-bond acceptors (Lipinski definition) is 2. The lowest BCUT2D eigenvalue weighted by Gasteiger charge is -2.17. The van der Waals surface area contributed by atoms with Gasteiger partial charge in [0.2, 0.25) is 0 Å². The molecule has 1 heterocycles. The van der Waals surface area contributed by atoms with Gasteiger partial charge < -0.3 is 5.11 Å². The molecule has 0 unspecified atom stereocenters. The predicted octanol–water partition coefficient (Wildman–Crippen LogP) is 3.62. The Kier molecular flexibility index (Phi) is 3.85. The highest BCUT2D eigenvalue weighted by atomic mass is 35.5. The third-order valence-corrected chi connectivity index (χ3v) is 2.65. The van der Waals surface area contributed by atoms with Crippen molar-refractivity contribution in [3.05, 3.63) is 28.1 Å². The van der Waals surface area contributed by atoms with Gasteiger partial charge in [-0.25, -0.2) is 18.6 Å². The zero-order valence-electron chi connectivity index (χ0n) is 9.27. The number of pyridine rings is 1. The smallest absolute Gasteiger partial charge is 0.365 e. The summed E-state index contributed by atoms with van der Waals surface area (Å²) in [4.78, 5) is 13.9. The third kappa shape index (κ3) is 2.55. The second-order valence-electron chi connectivity index (χ2n) is 3.57. The van der Waals surface area contributed by atoms with E-state index >= 15 is 0 Å². The highest BCUT2D eigenvalue weighted by Crippen LogP contribution is 2.37. The quantitative estimate of drug-likeness (QED) is 0.681. The van der Waals surface area contributed by atoms with E-state index in [1.54, 1.807) is 0 Å². The van der Waals surface area contributed by atoms with E-state index in [0.717, 1.165) is 13.8 Å². The maximum absolute atomic E-state index is 13.0. The molecule has 0 saturated carbocycles. The highest BCUT2D eigenvalue weighted by molar-refractivity contribution is 6.21. The molecule has 0 saturated heterocycles. The van der Waals surface area contributed by atoms with Crippen LogP contribution in [0, 0.1) is 13.8 Å². The molecular weight excluding hydrogens is 278 g/mol. The van der Waals surface area contributed by atoms with Gasteiger partial charge >= 0.3 is 11.4 Å². The fourth-order valence-electron chi connectivity index (χ4n) is 1.52. The molecule has 18 heavy (non-hydrogen) atoms. The molecule has 1 rings (SSSR count). The number of carboxylic acids is 1. The van der Waals surface area contributed by atoms with E-state index in [1.807, 2.05) is 0 Å². The number of carboxylic acid groups (broad SMARTS) is 1. The summed E-state index contributed by atoms with van der Waals surface area (Å²) < 4.78 is 51.3. The molecule has 0 bridgehead atoms. The zero-order chi connectivity index (χ0) is 14.2. The molecule has 0 aliphatic heterocycles. The van der Waals surface area contributed by atoms with Crippen molar-refractivity contribution in [1.82, 2.24) is 4.98 Å². The van der Waals surface area contributed by atoms with Crippen LogP contribution in [0.2, 0.25) is 0 Å². The molecule has 100 valence electrons. The Balaban J connectivity index is 3.70. The average Bonchev–Trinajstić information content (AvgIpc) is 2.18. The SMILES string of the molecule is Cc1c(C(F)(F)Cl)nc(C(F)F)c(C(=O)O)c1C. The van der Waals surface area contributed by atoms with E-state index < -0.39 is 34.7 Å². The lowest BCUT2D eigenvalue weighted by Crippen LogP contribution is -2.17. The standard InChI is InChI=1S/C10H8ClF4NO2/c1-3-4(2)7(10(11,14)15)16-6(8(12)13)5(3)9(17)18/h8H,1-2H3,(H,17,18). The van der Waals surface area contributed by atoms with Crippen molar-refractivity contribution in [3.63, 3.8) is 0 Å². The van der Waals surface area contributed by atoms with Crippen LogP contribution in [0.15, 0.2) is 0 Å². The molecule has 0 aliphatic rings. The first kappa shape index (κ1) is 14.7. The molecule has 0 atom stereocenters. The number of aromatic carboxylic acids is 1. The first-order valence-electron chi connectivity index (χ1n) is 4.67. The number of alkyl halides is 5. The summed E-state index contributed by atoms with van der Waals surface area (Å²) in [5.74, 6) is -1.65. The van der Waals surface area contributed by atoms with Gasteiger partial charge in [0.25, 0.3) is 6.43 Å². The van der Waals surface area contributed by atoms with Crippen LogP contribution in [0.25, 0.3) is 0 Å². The van der Waals surface area contributed by atoms with Crippen LogP contribution in [0.4, 0.5) is 17.6 Å². The van der Waals surface area contributed by atoms with Crippen molar-refractivity contribution >= 4 is 17.6 Å². The van der Waals surface area contributed by atoms with Gasteiger partial charge in [-0.1, -0.05) is 0 Å². The monoisotopic (exact) mass is 285 g/mol. The van der Waals surface area contributed by atoms with Crippen LogP contribution >= 0.6 is 11.6 Å². The number of carbonyl (C=O) groups is 1. The van der Waals surface area contributed by atoms with Gasteiger partial charge in [-0.2, -0.15) is 8.78 Å². The summed E-state index contributed by atoms with van der Waals surface area (Å²) >= 11 is 4.76. The number of rotatable bonds is 3. The van der Waals surface area contributed by atoms with E-state index in [1.165, 1.54) is 0 Å². The van der Waals surface area contributed by atoms with E-state index in [0.29, 0.717) is 0 Å². The molecule has 0 aliphatic carbocycles. The van der Waals surface area contributed by atoms with Crippen LogP contribution in [-0.4, -0.2) is 16.1 Å². The van der Waals surface area contributed by atoms with Crippen molar-refractivity contribution in [2.45, 2.75) is 25.7 Å². The molecule has 1 N–H and O–H groups in total. The molecule has 0 fully saturated rings. The number of aromatic nitrogens is 1. The molecule has 3 nitrogen and oxygen atoms in total. The van der Waals surface area contributed by atoms with Gasteiger partial charge in [0.05, 0.1) is 5.56 Å². The summed E-state index contributed by atoms with van der Waals surface area (Å²) in [5, 5.41) is 4.88. The summed E-state index contributed by atoms with van der Waals surface area (Å²) in [6, 6.07) is 0. The van der Waals surface area contributed by atoms with E-state index in [-0.39, 0.29) is 11.1 Å². The lowest BCUT2D eigenvalue weighted by molar-refractivity contribution is 0.0671. The van der Waals surface area contributed by atoms with Gasteiger partial charge in [-0.3, -0.25) is 0 Å². The Hall–Kier alpha value is -1.37. The normalized spacial score (nSPS) is 12.0. The minimum absolute atomic E-state index is 0.205. The third-order valence-electron chi connectivity index (χ3n) is 2.47. The van der Waals surface area contributed by atoms with Crippen molar-refractivity contribution in [1.29, 1.82) is 0 Å². The Morgan fingerprint density at radius 2 is 1.83 bits per heavy atom. The molecular formula is C10H8ClF4NO2. The zero-order valence-corrected chi connectivity index (χ0v) is 10.0. The fraction of sp³-hybridized carbons (Fsp3) is 0.400. The van der Waals surface area contributed by atoms with E-state index in [2.05, 4.69) is 4.98 Å². The van der Waals surface area contributed by atoms with Gasteiger partial charge in [0.15, 0.2) is 0 Å². The van der Waals surface area contributed by atoms with Crippen molar-refractivity contribution in [2.24, 2.45) is 0 Å². The summed E-state index contributed by atoms with van der Waals surface area (Å²) in [5.41, 5.74) is -3.46. The second-order valence-corrected chi connectivity index (χ2v) is 4.05. The predicted molar refractivity (Wildman–Crippen MR) is 55.4 cm³/mol. The Labute approximate surface area is 104 Å². The minimum Gasteiger partial charge on any atom is -0.478 e. The second kappa shape index (κ2) is 4.72. The number of nitrogens with zero attached hydrogens (tertiary/aromatic N) is 1. The van der Waals surface area contributed by atoms with Gasteiger partial charge in [-0.05, 0) is 36.6 Å². The maximum atomic E-state index is 13.0. The average molecular weight is 286 g/mol. The first-order valence-corrected chi connectivity index (χ1v) is 5.04. The van der Waals surface area contributed by atoms with Crippen LogP contribution in [-0.2, 0) is 5.38 Å². The highest BCUT2D eigenvalue weighted by Gasteiger charge is 2.36. The van der Waals surface area contributed by atoms with Crippen LogP contribution < -0.4 is 0 Å². The van der Waals surface area contributed by atoms with Gasteiger partial charge in [0.1, 0.15) is 11.4 Å². The number of halogens is 5. The molecule has 1 aromatic rings. The van der Waals surface area contributed by atoms with Crippen molar-refractivity contribution in [2.75, 3.05) is 0 Å². The maximum Gasteiger partial charge on any atom is 0.365 e. The molecule has 8 heteroatoms. The molecule has 1 aromatic heterocycles. The van der Waals surface area contributed by atoms with E-state index in [4.69, 9.17) is 16.7 Å². The topological polar surface area (TPSA) is 50.2 Å². The largest absolute Gasteiger partial charge is 0.478 e. The molecule has 0 aromatic carbocycles. The number of hydrogen-bond donors (Lipinski definition) is 1. The Morgan fingerprint density at radius 3 is 2.17 bits per heavy atom. The van der Waals surface area contributed by atoms with Crippen LogP contribution in [0.3, 0.4) is 0 Å². The first-order chi connectivity index (χ1) is 8.07. The van der Waals surface area contributed by atoms with Gasteiger partial charge in [0, 0.05) is 0 Å². The Morgan fingerprint density at radius 1 is 1.33 bits per heavy atom.